The summed E-state index contributed by atoms with van der Waals surface area (Å²) in [6.07, 6.45) is 2.08. The molecule has 1 aromatic heterocycles. The molecule has 1 unspecified atom stereocenters. The molecule has 3 aromatic rings. The number of aromatic nitrogens is 1. The Morgan fingerprint density at radius 1 is 1.06 bits per heavy atom. The monoisotopic (exact) mass is 482 g/mol. The van der Waals surface area contributed by atoms with Crippen LogP contribution in [0.15, 0.2) is 54.7 Å². The number of fused-ring (bicyclic) bond motifs is 1. The first-order chi connectivity index (χ1) is 16.4. The van der Waals surface area contributed by atoms with Crippen molar-refractivity contribution in [3.8, 4) is 0 Å². The van der Waals surface area contributed by atoms with Gasteiger partial charge in [0.25, 0.3) is 5.91 Å². The Morgan fingerprint density at radius 2 is 1.82 bits per heavy atom. The van der Waals surface area contributed by atoms with Gasteiger partial charge < -0.3 is 19.9 Å². The van der Waals surface area contributed by atoms with Crippen molar-refractivity contribution in [1.29, 1.82) is 0 Å². The summed E-state index contributed by atoms with van der Waals surface area (Å²) >= 11 is 6.14. The number of ether oxygens (including phenoxy) is 1. The summed E-state index contributed by atoms with van der Waals surface area (Å²) in [4.78, 5) is 28.2. The Labute approximate surface area is 205 Å². The number of hydrogen-bond donors (Lipinski definition) is 2. The molecule has 1 atom stereocenters. The van der Waals surface area contributed by atoms with Crippen LogP contribution in [0.25, 0.3) is 10.9 Å². The van der Waals surface area contributed by atoms with Gasteiger partial charge in [-0.2, -0.15) is 0 Å². The van der Waals surface area contributed by atoms with Crippen molar-refractivity contribution in [3.05, 3.63) is 65.3 Å². The highest BCUT2D eigenvalue weighted by atomic mass is 35.5. The molecular formula is C26H31ClN4O3. The number of carbonyl (C=O) groups is 2. The topological polar surface area (TPSA) is 75.6 Å². The fourth-order valence-corrected chi connectivity index (χ4v) is 4.39. The number of halogens is 1. The number of morpholine rings is 1. The summed E-state index contributed by atoms with van der Waals surface area (Å²) in [7, 11) is 0. The summed E-state index contributed by atoms with van der Waals surface area (Å²) in [5.41, 5.74) is 2.17. The lowest BCUT2D eigenvalue weighted by Crippen LogP contribution is -2.47. The van der Waals surface area contributed by atoms with Gasteiger partial charge in [0.2, 0.25) is 5.91 Å². The first kappa shape index (κ1) is 24.3. The molecule has 34 heavy (non-hydrogen) atoms. The van der Waals surface area contributed by atoms with Crippen molar-refractivity contribution in [3.63, 3.8) is 0 Å². The predicted molar refractivity (Wildman–Crippen MR) is 135 cm³/mol. The quantitative estimate of drug-likeness (QED) is 0.508. The standard InChI is InChI=1S/C26H31ClN4O3/c1-18(2)24(29-25(32)21-5-3-4-6-22(21)27)26(33)28-20-7-8-23-19(17-20)9-10-31(23)12-11-30-13-15-34-16-14-30/h3-10,17-18,24H,11-16H2,1-2H3,(H,28,33)(H,29,32). The van der Waals surface area contributed by atoms with E-state index >= 15 is 0 Å². The summed E-state index contributed by atoms with van der Waals surface area (Å²) in [5, 5.41) is 7.20. The van der Waals surface area contributed by atoms with E-state index < -0.39 is 6.04 Å². The minimum Gasteiger partial charge on any atom is -0.379 e. The number of hydrogen-bond acceptors (Lipinski definition) is 4. The highest BCUT2D eigenvalue weighted by molar-refractivity contribution is 6.33. The first-order valence-electron chi connectivity index (χ1n) is 11.7. The Balaban J connectivity index is 1.41. The van der Waals surface area contributed by atoms with Gasteiger partial charge in [-0.15, -0.1) is 0 Å². The summed E-state index contributed by atoms with van der Waals surface area (Å²) in [6, 6.07) is 14.1. The van der Waals surface area contributed by atoms with Gasteiger partial charge in [0.1, 0.15) is 6.04 Å². The van der Waals surface area contributed by atoms with Crippen molar-refractivity contribution in [2.24, 2.45) is 5.92 Å². The number of nitrogens with zero attached hydrogens (tertiary/aromatic N) is 2. The summed E-state index contributed by atoms with van der Waals surface area (Å²) in [6.45, 7) is 9.21. The van der Waals surface area contributed by atoms with E-state index in [1.54, 1.807) is 24.3 Å². The molecule has 0 aliphatic carbocycles. The van der Waals surface area contributed by atoms with Crippen LogP contribution in [-0.2, 0) is 16.1 Å². The van der Waals surface area contributed by atoms with E-state index in [2.05, 4.69) is 32.4 Å². The van der Waals surface area contributed by atoms with Crippen molar-refractivity contribution in [1.82, 2.24) is 14.8 Å². The lowest BCUT2D eigenvalue weighted by Gasteiger charge is -2.26. The van der Waals surface area contributed by atoms with Gasteiger partial charge in [-0.05, 0) is 42.3 Å². The maximum atomic E-state index is 13.0. The Morgan fingerprint density at radius 3 is 2.56 bits per heavy atom. The van der Waals surface area contributed by atoms with E-state index in [0.717, 1.165) is 50.3 Å². The van der Waals surface area contributed by atoms with E-state index in [-0.39, 0.29) is 17.7 Å². The molecule has 2 heterocycles. The lowest BCUT2D eigenvalue weighted by molar-refractivity contribution is -0.118. The molecule has 2 aromatic carbocycles. The predicted octanol–water partition coefficient (Wildman–Crippen LogP) is 4.02. The van der Waals surface area contributed by atoms with Crippen LogP contribution in [0.2, 0.25) is 5.02 Å². The molecular weight excluding hydrogens is 452 g/mol. The molecule has 180 valence electrons. The minimum absolute atomic E-state index is 0.101. The Bertz CT molecular complexity index is 1150. The van der Waals surface area contributed by atoms with E-state index in [0.29, 0.717) is 16.3 Å². The number of benzene rings is 2. The van der Waals surface area contributed by atoms with E-state index in [9.17, 15) is 9.59 Å². The van der Waals surface area contributed by atoms with Crippen LogP contribution in [0.5, 0.6) is 0 Å². The molecule has 1 aliphatic heterocycles. The van der Waals surface area contributed by atoms with E-state index in [4.69, 9.17) is 16.3 Å². The van der Waals surface area contributed by atoms with Crippen molar-refractivity contribution >= 4 is 40.0 Å². The second-order valence-electron chi connectivity index (χ2n) is 8.90. The van der Waals surface area contributed by atoms with Crippen LogP contribution in [0.1, 0.15) is 24.2 Å². The van der Waals surface area contributed by atoms with Crippen molar-refractivity contribution in [2.75, 3.05) is 38.2 Å². The van der Waals surface area contributed by atoms with Gasteiger partial charge in [-0.25, -0.2) is 0 Å². The molecule has 0 radical (unpaired) electrons. The maximum Gasteiger partial charge on any atom is 0.253 e. The van der Waals surface area contributed by atoms with Gasteiger partial charge in [-0.1, -0.05) is 37.6 Å². The highest BCUT2D eigenvalue weighted by Gasteiger charge is 2.25. The smallest absolute Gasteiger partial charge is 0.253 e. The zero-order valence-electron chi connectivity index (χ0n) is 19.6. The number of amides is 2. The van der Waals surface area contributed by atoms with Gasteiger partial charge >= 0.3 is 0 Å². The Hall–Kier alpha value is -2.87. The molecule has 4 rings (SSSR count). The van der Waals surface area contributed by atoms with E-state index in [1.807, 2.05) is 32.0 Å². The maximum absolute atomic E-state index is 13.0. The number of nitrogens with one attached hydrogen (secondary N) is 2. The summed E-state index contributed by atoms with van der Waals surface area (Å²) < 4.78 is 7.65. The third kappa shape index (κ3) is 5.78. The Kier molecular flexibility index (Phi) is 7.88. The largest absolute Gasteiger partial charge is 0.379 e. The zero-order valence-corrected chi connectivity index (χ0v) is 20.3. The molecule has 8 heteroatoms. The average Bonchev–Trinajstić information content (AvgIpc) is 3.24. The van der Waals surface area contributed by atoms with Crippen LogP contribution in [0, 0.1) is 5.92 Å². The molecule has 1 fully saturated rings. The third-order valence-corrected chi connectivity index (χ3v) is 6.48. The van der Waals surface area contributed by atoms with Crippen LogP contribution in [0.4, 0.5) is 5.69 Å². The average molecular weight is 483 g/mol. The molecule has 1 saturated heterocycles. The van der Waals surface area contributed by atoms with E-state index in [1.165, 1.54) is 0 Å². The SMILES string of the molecule is CC(C)C(NC(=O)c1ccccc1Cl)C(=O)Nc1ccc2c(ccn2CCN2CCOCC2)c1. The van der Waals surface area contributed by atoms with Crippen molar-refractivity contribution < 1.29 is 14.3 Å². The number of carbonyl (C=O) groups excluding carboxylic acids is 2. The molecule has 7 nitrogen and oxygen atoms in total. The second-order valence-corrected chi connectivity index (χ2v) is 9.31. The van der Waals surface area contributed by atoms with Crippen molar-refractivity contribution in [2.45, 2.75) is 26.4 Å². The summed E-state index contributed by atoms with van der Waals surface area (Å²) in [5.74, 6) is -0.731. The van der Waals surface area contributed by atoms with Gasteiger partial charge in [0.15, 0.2) is 0 Å². The van der Waals surface area contributed by atoms with Crippen LogP contribution in [0.3, 0.4) is 0 Å². The zero-order chi connectivity index (χ0) is 24.1. The van der Waals surface area contributed by atoms with Gasteiger partial charge in [-0.3, -0.25) is 14.5 Å². The molecule has 1 aliphatic rings. The fraction of sp³-hybridized carbons (Fsp3) is 0.385. The number of rotatable bonds is 8. The molecule has 2 amide bonds. The third-order valence-electron chi connectivity index (χ3n) is 6.15. The van der Waals surface area contributed by atoms with Crippen LogP contribution < -0.4 is 10.6 Å². The normalized spacial score (nSPS) is 15.4. The second kappa shape index (κ2) is 11.0. The van der Waals surface area contributed by atoms with Crippen LogP contribution >= 0.6 is 11.6 Å². The molecule has 0 saturated carbocycles. The molecule has 2 N–H and O–H groups in total. The number of anilines is 1. The van der Waals surface area contributed by atoms with Gasteiger partial charge in [0.05, 0.1) is 23.8 Å². The van der Waals surface area contributed by atoms with Gasteiger partial charge in [0, 0.05) is 49.0 Å². The highest BCUT2D eigenvalue weighted by Crippen LogP contribution is 2.22. The fourth-order valence-electron chi connectivity index (χ4n) is 4.17. The lowest BCUT2D eigenvalue weighted by atomic mass is 10.0. The first-order valence-corrected chi connectivity index (χ1v) is 12.1. The molecule has 0 spiro atoms. The van der Waals surface area contributed by atoms with Crippen LogP contribution in [-0.4, -0.2) is 60.2 Å². The molecule has 0 bridgehead atoms. The minimum atomic E-state index is -0.697.